The summed E-state index contributed by atoms with van der Waals surface area (Å²) >= 11 is 8.16. The molecular weight excluding hydrogens is 242 g/mol. The molecule has 3 nitrogen and oxygen atoms in total. The molecule has 1 aliphatic heterocycles. The molecule has 0 bridgehead atoms. The molecule has 1 saturated heterocycles. The average Bonchev–Trinajstić information content (AvgIpc) is 2.88. The summed E-state index contributed by atoms with van der Waals surface area (Å²) in [5.41, 5.74) is 7.34. The summed E-state index contributed by atoms with van der Waals surface area (Å²) < 4.78 is 1.97. The van der Waals surface area contributed by atoms with Crippen molar-refractivity contribution >= 4 is 23.4 Å². The van der Waals surface area contributed by atoms with Crippen molar-refractivity contribution in [3.63, 3.8) is 0 Å². The summed E-state index contributed by atoms with van der Waals surface area (Å²) in [4.78, 5) is 0. The van der Waals surface area contributed by atoms with Crippen LogP contribution in [-0.4, -0.2) is 21.3 Å². The third-order valence-electron chi connectivity index (χ3n) is 3.06. The highest BCUT2D eigenvalue weighted by Gasteiger charge is 2.27. The van der Waals surface area contributed by atoms with E-state index in [0.29, 0.717) is 5.92 Å². The molecule has 0 radical (unpaired) electrons. The fourth-order valence-electron chi connectivity index (χ4n) is 2.15. The Morgan fingerprint density at radius 3 is 3.19 bits per heavy atom. The molecule has 1 aliphatic rings. The van der Waals surface area contributed by atoms with E-state index in [-0.39, 0.29) is 6.04 Å². The number of halogens is 1. The number of aryl methyl sites for hydroxylation is 1. The number of hydrogen-bond acceptors (Lipinski definition) is 3. The minimum absolute atomic E-state index is 0.0385. The topological polar surface area (TPSA) is 43.8 Å². The van der Waals surface area contributed by atoms with Gasteiger partial charge in [0.05, 0.1) is 23.0 Å². The zero-order chi connectivity index (χ0) is 11.5. The Bertz CT molecular complexity index is 347. The van der Waals surface area contributed by atoms with Gasteiger partial charge in [-0.1, -0.05) is 18.5 Å². The van der Waals surface area contributed by atoms with Crippen LogP contribution in [0.3, 0.4) is 0 Å². The minimum atomic E-state index is 0.0385. The van der Waals surface area contributed by atoms with Crippen molar-refractivity contribution in [1.29, 1.82) is 0 Å². The van der Waals surface area contributed by atoms with Crippen LogP contribution >= 0.6 is 23.4 Å². The first-order valence-electron chi connectivity index (χ1n) is 5.78. The van der Waals surface area contributed by atoms with Gasteiger partial charge < -0.3 is 5.73 Å². The van der Waals surface area contributed by atoms with E-state index in [9.17, 15) is 0 Å². The molecule has 0 saturated carbocycles. The fourth-order valence-corrected chi connectivity index (χ4v) is 3.73. The van der Waals surface area contributed by atoms with Gasteiger partial charge in [0.15, 0.2) is 0 Å². The van der Waals surface area contributed by atoms with E-state index in [2.05, 4.69) is 12.0 Å². The second-order valence-corrected chi connectivity index (χ2v) is 5.81. The molecule has 90 valence electrons. The summed E-state index contributed by atoms with van der Waals surface area (Å²) in [7, 11) is 0. The van der Waals surface area contributed by atoms with E-state index < -0.39 is 0 Å². The molecule has 0 aliphatic carbocycles. The molecule has 2 rings (SSSR count). The quantitative estimate of drug-likeness (QED) is 0.904. The molecule has 16 heavy (non-hydrogen) atoms. The maximum atomic E-state index is 6.32. The first kappa shape index (κ1) is 12.3. The Morgan fingerprint density at radius 2 is 2.56 bits per heavy atom. The zero-order valence-electron chi connectivity index (χ0n) is 9.53. The number of nitrogens with zero attached hydrogens (tertiary/aromatic N) is 2. The van der Waals surface area contributed by atoms with Gasteiger partial charge in [0.25, 0.3) is 0 Å². The van der Waals surface area contributed by atoms with Gasteiger partial charge in [-0.15, -0.1) is 0 Å². The van der Waals surface area contributed by atoms with Crippen molar-refractivity contribution in [3.05, 3.63) is 16.9 Å². The van der Waals surface area contributed by atoms with E-state index >= 15 is 0 Å². The highest BCUT2D eigenvalue weighted by molar-refractivity contribution is 7.99. The van der Waals surface area contributed by atoms with Crippen LogP contribution in [0, 0.1) is 5.92 Å². The lowest BCUT2D eigenvalue weighted by Crippen LogP contribution is -2.24. The van der Waals surface area contributed by atoms with Crippen LogP contribution in [0.2, 0.25) is 5.02 Å². The van der Waals surface area contributed by atoms with Crippen molar-refractivity contribution < 1.29 is 0 Å². The molecule has 0 spiro atoms. The lowest BCUT2D eigenvalue weighted by atomic mass is 9.97. The largest absolute Gasteiger partial charge is 0.322 e. The van der Waals surface area contributed by atoms with Gasteiger partial charge >= 0.3 is 0 Å². The third kappa shape index (κ3) is 2.39. The molecule has 0 aromatic carbocycles. The van der Waals surface area contributed by atoms with E-state index in [1.54, 1.807) is 6.20 Å². The zero-order valence-corrected chi connectivity index (χ0v) is 11.1. The van der Waals surface area contributed by atoms with Gasteiger partial charge in [-0.2, -0.15) is 16.9 Å². The summed E-state index contributed by atoms with van der Waals surface area (Å²) in [6.07, 6.45) is 3.96. The maximum absolute atomic E-state index is 6.32. The first-order chi connectivity index (χ1) is 7.74. The molecule has 1 fully saturated rings. The second kappa shape index (κ2) is 5.43. The van der Waals surface area contributed by atoms with Gasteiger partial charge in [-0.25, -0.2) is 0 Å². The molecule has 0 amide bonds. The van der Waals surface area contributed by atoms with Crippen molar-refractivity contribution in [2.24, 2.45) is 11.7 Å². The monoisotopic (exact) mass is 259 g/mol. The Kier molecular flexibility index (Phi) is 4.16. The van der Waals surface area contributed by atoms with Gasteiger partial charge in [-0.05, 0) is 30.3 Å². The highest BCUT2D eigenvalue weighted by Crippen LogP contribution is 2.35. The number of nitrogens with two attached hydrogens (primary N) is 1. The maximum Gasteiger partial charge on any atom is 0.0834 e. The van der Waals surface area contributed by atoms with Crippen LogP contribution in [0.1, 0.15) is 31.5 Å². The number of rotatable bonds is 4. The SMILES string of the molecule is CCCn1ncc(Cl)c1C(N)C1CCSC1. The van der Waals surface area contributed by atoms with Crippen LogP contribution < -0.4 is 5.73 Å². The number of thioether (sulfide) groups is 1. The standard InChI is InChI=1S/C11H18ClN3S/c1-2-4-15-11(9(12)6-14-15)10(13)8-3-5-16-7-8/h6,8,10H,2-5,7,13H2,1H3. The van der Waals surface area contributed by atoms with E-state index in [4.69, 9.17) is 17.3 Å². The normalized spacial score (nSPS) is 22.6. The van der Waals surface area contributed by atoms with Crippen molar-refractivity contribution in [3.8, 4) is 0 Å². The van der Waals surface area contributed by atoms with Gasteiger partial charge in [-0.3, -0.25) is 4.68 Å². The summed E-state index contributed by atoms with van der Waals surface area (Å²) in [6.45, 7) is 3.03. The lowest BCUT2D eigenvalue weighted by molar-refractivity contribution is 0.438. The molecular formula is C11H18ClN3S. The van der Waals surface area contributed by atoms with E-state index in [1.807, 2.05) is 16.4 Å². The van der Waals surface area contributed by atoms with Crippen LogP contribution in [-0.2, 0) is 6.54 Å². The molecule has 1 aromatic heterocycles. The average molecular weight is 260 g/mol. The number of hydrogen-bond donors (Lipinski definition) is 1. The lowest BCUT2D eigenvalue weighted by Gasteiger charge is -2.20. The number of aromatic nitrogens is 2. The molecule has 2 atom stereocenters. The predicted octanol–water partition coefficient (Wildman–Crippen LogP) is 2.70. The van der Waals surface area contributed by atoms with Crippen LogP contribution in [0.5, 0.6) is 0 Å². The van der Waals surface area contributed by atoms with E-state index in [0.717, 1.165) is 29.4 Å². The minimum Gasteiger partial charge on any atom is -0.322 e. The Balaban J connectivity index is 2.19. The smallest absolute Gasteiger partial charge is 0.0834 e. The van der Waals surface area contributed by atoms with Crippen LogP contribution in [0.25, 0.3) is 0 Å². The predicted molar refractivity (Wildman–Crippen MR) is 69.9 cm³/mol. The summed E-state index contributed by atoms with van der Waals surface area (Å²) in [5, 5.41) is 5.02. The first-order valence-corrected chi connectivity index (χ1v) is 7.31. The molecule has 5 heteroatoms. The third-order valence-corrected chi connectivity index (χ3v) is 4.54. The van der Waals surface area contributed by atoms with Crippen molar-refractivity contribution in [2.45, 2.75) is 32.4 Å². The molecule has 2 N–H and O–H groups in total. The Morgan fingerprint density at radius 1 is 1.75 bits per heavy atom. The summed E-state index contributed by atoms with van der Waals surface area (Å²) in [6, 6.07) is 0.0385. The van der Waals surface area contributed by atoms with Gasteiger partial charge in [0.2, 0.25) is 0 Å². The summed E-state index contributed by atoms with van der Waals surface area (Å²) in [5.74, 6) is 2.92. The fraction of sp³-hybridized carbons (Fsp3) is 0.727. The van der Waals surface area contributed by atoms with Gasteiger partial charge in [0.1, 0.15) is 0 Å². The van der Waals surface area contributed by atoms with E-state index in [1.165, 1.54) is 12.2 Å². The Hall–Kier alpha value is -0.190. The molecule has 2 heterocycles. The molecule has 2 unspecified atom stereocenters. The Labute approximate surface area is 106 Å². The second-order valence-electron chi connectivity index (χ2n) is 4.25. The highest BCUT2D eigenvalue weighted by atomic mass is 35.5. The van der Waals surface area contributed by atoms with Gasteiger partial charge in [0, 0.05) is 6.54 Å². The van der Waals surface area contributed by atoms with Crippen LogP contribution in [0.4, 0.5) is 0 Å². The molecule has 1 aromatic rings. The van der Waals surface area contributed by atoms with Crippen molar-refractivity contribution in [2.75, 3.05) is 11.5 Å². The van der Waals surface area contributed by atoms with Crippen LogP contribution in [0.15, 0.2) is 6.20 Å². The van der Waals surface area contributed by atoms with Crippen molar-refractivity contribution in [1.82, 2.24) is 9.78 Å².